The molecule has 0 saturated heterocycles. The van der Waals surface area contributed by atoms with E-state index >= 15 is 0 Å². The van der Waals surface area contributed by atoms with Gasteiger partial charge in [0.15, 0.2) is 0 Å². The Labute approximate surface area is 336 Å². The quantitative estimate of drug-likeness (QED) is 0.126. The van der Waals surface area contributed by atoms with Gasteiger partial charge in [0.25, 0.3) is 0 Å². The molecule has 0 radical (unpaired) electrons. The third-order valence-corrected chi connectivity index (χ3v) is 10.4. The van der Waals surface area contributed by atoms with Crippen LogP contribution in [0.4, 0.5) is 13.2 Å². The molecular formula is C48H70F3NO4. The van der Waals surface area contributed by atoms with E-state index in [1.165, 1.54) is 6.21 Å². The molecule has 1 atom stereocenters. The maximum Gasteiger partial charge on any atom is 0.416 e. The van der Waals surface area contributed by atoms with Gasteiger partial charge >= 0.3 is 6.18 Å². The van der Waals surface area contributed by atoms with Crippen molar-refractivity contribution in [3.05, 3.63) is 87.0 Å². The summed E-state index contributed by atoms with van der Waals surface area (Å²) in [7, 11) is 0. The topological polar surface area (TPSA) is 71.3 Å². The van der Waals surface area contributed by atoms with E-state index in [2.05, 4.69) is 96.9 Å². The highest BCUT2D eigenvalue weighted by atomic mass is 19.4. The van der Waals surface area contributed by atoms with Gasteiger partial charge in [-0.05, 0) is 94.5 Å². The molecule has 1 unspecified atom stereocenters. The summed E-state index contributed by atoms with van der Waals surface area (Å²) in [6.45, 7) is 32.9. The standard InChI is InChI=1S/C48H70F3NO4/c1-16-19-23-55-41-35(43(4,5)6)26-33(27-36(41)44(7,8)9)47(54,40(18-3)52-30-31-25-32(48(49,50)51)21-22-39(31)53)34-28-37(45(10,11)12)42(56-24-20-17-2)38(29-34)46(13,14)15/h21-22,25-30,40,53-54H,16-20,23-24H2,1-15H3. The zero-order valence-corrected chi connectivity index (χ0v) is 36.9. The van der Waals surface area contributed by atoms with E-state index in [4.69, 9.17) is 14.5 Å². The van der Waals surface area contributed by atoms with E-state index in [-0.39, 0.29) is 11.3 Å². The lowest BCUT2D eigenvalue weighted by Gasteiger charge is -2.40. The fraction of sp³-hybridized carbons (Fsp3) is 0.604. The molecular weight excluding hydrogens is 712 g/mol. The minimum atomic E-state index is -4.61. The molecule has 0 bridgehead atoms. The summed E-state index contributed by atoms with van der Waals surface area (Å²) in [5, 5.41) is 24.6. The molecule has 312 valence electrons. The number of phenolic OH excluding ortho intramolecular Hbond substituents is 1. The maximum atomic E-state index is 13.9. The monoisotopic (exact) mass is 782 g/mol. The van der Waals surface area contributed by atoms with Crippen LogP contribution in [0.3, 0.4) is 0 Å². The molecule has 3 rings (SSSR count). The van der Waals surface area contributed by atoms with Crippen molar-refractivity contribution in [1.82, 2.24) is 0 Å². The highest BCUT2D eigenvalue weighted by Gasteiger charge is 2.44. The number of rotatable bonds is 14. The third-order valence-electron chi connectivity index (χ3n) is 10.4. The van der Waals surface area contributed by atoms with Gasteiger partial charge in [-0.1, -0.05) is 117 Å². The smallest absolute Gasteiger partial charge is 0.416 e. The van der Waals surface area contributed by atoms with Crippen LogP contribution in [0.15, 0.2) is 47.5 Å². The second-order valence-electron chi connectivity index (χ2n) is 19.4. The largest absolute Gasteiger partial charge is 0.507 e. The Bertz CT molecular complexity index is 1650. The van der Waals surface area contributed by atoms with E-state index in [1.807, 2.05) is 31.2 Å². The van der Waals surface area contributed by atoms with Crippen molar-refractivity contribution in [2.75, 3.05) is 13.2 Å². The number of unbranched alkanes of at least 4 members (excludes halogenated alkanes) is 2. The van der Waals surface area contributed by atoms with Gasteiger partial charge in [0.05, 0.1) is 24.8 Å². The fourth-order valence-electron chi connectivity index (χ4n) is 6.94. The fourth-order valence-corrected chi connectivity index (χ4v) is 6.94. The van der Waals surface area contributed by atoms with Crippen molar-refractivity contribution in [3.63, 3.8) is 0 Å². The van der Waals surface area contributed by atoms with Crippen LogP contribution >= 0.6 is 0 Å². The molecule has 2 N–H and O–H groups in total. The predicted molar refractivity (Wildman–Crippen MR) is 226 cm³/mol. The minimum absolute atomic E-state index is 0.0866. The summed E-state index contributed by atoms with van der Waals surface area (Å²) in [6.07, 6.45) is 0.728. The number of alkyl halides is 3. The van der Waals surface area contributed by atoms with Crippen LogP contribution in [0.1, 0.15) is 180 Å². The molecule has 5 nitrogen and oxygen atoms in total. The number of phenols is 1. The van der Waals surface area contributed by atoms with Gasteiger partial charge in [-0.25, -0.2) is 0 Å². The van der Waals surface area contributed by atoms with Gasteiger partial charge in [-0.15, -0.1) is 0 Å². The van der Waals surface area contributed by atoms with Gasteiger partial charge in [0.2, 0.25) is 0 Å². The lowest BCUT2D eigenvalue weighted by atomic mass is 9.70. The Morgan fingerprint density at radius 3 is 1.29 bits per heavy atom. The van der Waals surface area contributed by atoms with Crippen molar-refractivity contribution < 1.29 is 32.9 Å². The summed E-state index contributed by atoms with van der Waals surface area (Å²) in [4.78, 5) is 4.89. The highest BCUT2D eigenvalue weighted by Crippen LogP contribution is 2.49. The van der Waals surface area contributed by atoms with Crippen LogP contribution < -0.4 is 9.47 Å². The molecule has 0 saturated carbocycles. The van der Waals surface area contributed by atoms with E-state index in [0.717, 1.165) is 77.6 Å². The van der Waals surface area contributed by atoms with Crippen molar-refractivity contribution in [2.45, 2.75) is 175 Å². The number of hydrogen-bond donors (Lipinski definition) is 2. The molecule has 0 aliphatic heterocycles. The number of hydrogen-bond acceptors (Lipinski definition) is 5. The summed E-state index contributed by atoms with van der Waals surface area (Å²) >= 11 is 0. The Hall–Kier alpha value is -3.52. The Kier molecular flexibility index (Phi) is 14.7. The summed E-state index contributed by atoms with van der Waals surface area (Å²) in [5.74, 6) is 1.28. The summed E-state index contributed by atoms with van der Waals surface area (Å²) < 4.78 is 54.7. The summed E-state index contributed by atoms with van der Waals surface area (Å²) in [6, 6.07) is 10.0. The highest BCUT2D eigenvalue weighted by molar-refractivity contribution is 5.84. The average Bonchev–Trinajstić information content (AvgIpc) is 3.06. The zero-order chi connectivity index (χ0) is 42.7. The SMILES string of the molecule is CCCCOc1c(C(C)(C)C)cc(C(O)(c2cc(C(C)(C)C)c(OCCCC)c(C(C)(C)C)c2)C(CC)N=Cc2cc(C(F)(F)F)ccc2O)cc1C(C)(C)C. The molecule has 8 heteroatoms. The van der Waals surface area contributed by atoms with Crippen LogP contribution in [0, 0.1) is 0 Å². The van der Waals surface area contributed by atoms with Gasteiger partial charge in [-0.2, -0.15) is 13.2 Å². The second kappa shape index (κ2) is 17.5. The first kappa shape index (κ1) is 46.9. The Balaban J connectivity index is 2.62. The van der Waals surface area contributed by atoms with Crippen molar-refractivity contribution in [3.8, 4) is 17.2 Å². The molecule has 0 spiro atoms. The first-order valence-electron chi connectivity index (χ1n) is 20.4. The first-order valence-corrected chi connectivity index (χ1v) is 20.4. The lowest BCUT2D eigenvalue weighted by molar-refractivity contribution is -0.137. The van der Waals surface area contributed by atoms with Crippen LogP contribution in [0.25, 0.3) is 0 Å². The van der Waals surface area contributed by atoms with Gasteiger partial charge < -0.3 is 19.7 Å². The first-order chi connectivity index (χ1) is 25.6. The lowest BCUT2D eigenvalue weighted by Crippen LogP contribution is -2.41. The molecule has 3 aromatic carbocycles. The second-order valence-corrected chi connectivity index (χ2v) is 19.4. The average molecular weight is 782 g/mol. The molecule has 0 aromatic heterocycles. The van der Waals surface area contributed by atoms with Crippen molar-refractivity contribution in [2.24, 2.45) is 4.99 Å². The molecule has 0 amide bonds. The Morgan fingerprint density at radius 2 is 0.982 bits per heavy atom. The third kappa shape index (κ3) is 10.9. The van der Waals surface area contributed by atoms with Gasteiger partial charge in [-0.3, -0.25) is 4.99 Å². The van der Waals surface area contributed by atoms with Gasteiger partial charge in [0, 0.05) is 34.0 Å². The van der Waals surface area contributed by atoms with Gasteiger partial charge in [0.1, 0.15) is 22.8 Å². The Morgan fingerprint density at radius 1 is 0.607 bits per heavy atom. The molecule has 0 aliphatic carbocycles. The zero-order valence-electron chi connectivity index (χ0n) is 36.9. The number of benzene rings is 3. The van der Waals surface area contributed by atoms with E-state index in [1.54, 1.807) is 0 Å². The predicted octanol–water partition coefficient (Wildman–Crippen LogP) is 13.1. The number of nitrogens with zero attached hydrogens (tertiary/aromatic N) is 1. The van der Waals surface area contributed by atoms with Crippen molar-refractivity contribution in [1.29, 1.82) is 0 Å². The number of aliphatic imine (C=N–C) groups is 1. The number of aliphatic hydroxyl groups is 1. The van der Waals surface area contributed by atoms with E-state index in [0.29, 0.717) is 30.8 Å². The van der Waals surface area contributed by atoms with Crippen molar-refractivity contribution >= 4 is 6.21 Å². The van der Waals surface area contributed by atoms with Crippen LogP contribution in [0.2, 0.25) is 0 Å². The normalized spacial score (nSPS) is 14.1. The summed E-state index contributed by atoms with van der Waals surface area (Å²) in [5.41, 5.74) is 0.620. The molecule has 3 aromatic rings. The minimum Gasteiger partial charge on any atom is -0.507 e. The van der Waals surface area contributed by atoms with E-state index < -0.39 is 45.0 Å². The van der Waals surface area contributed by atoms with Crippen LogP contribution in [-0.4, -0.2) is 35.7 Å². The van der Waals surface area contributed by atoms with E-state index in [9.17, 15) is 23.4 Å². The number of aromatic hydroxyl groups is 1. The molecule has 0 aliphatic rings. The van der Waals surface area contributed by atoms with Crippen LogP contribution in [0.5, 0.6) is 17.2 Å². The number of halogens is 3. The molecule has 0 heterocycles. The number of ether oxygens (including phenoxy) is 2. The molecule has 56 heavy (non-hydrogen) atoms. The molecule has 0 fully saturated rings. The van der Waals surface area contributed by atoms with Crippen LogP contribution in [-0.2, 0) is 33.4 Å². The maximum absolute atomic E-state index is 13.9.